The van der Waals surface area contributed by atoms with Crippen LogP contribution in [0.5, 0.6) is 0 Å². The number of nitrogens with one attached hydrogen (secondary N) is 1. The molecule has 0 bridgehead atoms. The number of aromatic nitrogens is 2. The second kappa shape index (κ2) is 4.53. The molecule has 1 aromatic heterocycles. The standard InChI is InChI=1S/C14H16FN3/c1-10-12-6-7-16-8-14(12)18(17-10)9-11-4-2-3-5-13(11)15/h2-5,16H,6-9H2,1H3. The van der Waals surface area contributed by atoms with Gasteiger partial charge < -0.3 is 5.32 Å². The molecule has 94 valence electrons. The maximum atomic E-state index is 13.7. The highest BCUT2D eigenvalue weighted by Crippen LogP contribution is 2.19. The van der Waals surface area contributed by atoms with Crippen LogP contribution in [0.2, 0.25) is 0 Å². The van der Waals surface area contributed by atoms with Crippen molar-refractivity contribution in [2.75, 3.05) is 6.54 Å². The summed E-state index contributed by atoms with van der Waals surface area (Å²) in [7, 11) is 0. The lowest BCUT2D eigenvalue weighted by Crippen LogP contribution is -2.25. The van der Waals surface area contributed by atoms with Crippen LogP contribution in [-0.4, -0.2) is 16.3 Å². The van der Waals surface area contributed by atoms with Gasteiger partial charge in [0.2, 0.25) is 0 Å². The molecule has 2 heterocycles. The molecule has 4 heteroatoms. The number of aryl methyl sites for hydroxylation is 1. The van der Waals surface area contributed by atoms with Gasteiger partial charge in [0.15, 0.2) is 0 Å². The van der Waals surface area contributed by atoms with E-state index < -0.39 is 0 Å². The quantitative estimate of drug-likeness (QED) is 0.877. The summed E-state index contributed by atoms with van der Waals surface area (Å²) < 4.78 is 15.6. The average molecular weight is 245 g/mol. The predicted molar refractivity (Wildman–Crippen MR) is 67.9 cm³/mol. The molecule has 1 aliphatic rings. The van der Waals surface area contributed by atoms with E-state index in [1.54, 1.807) is 6.07 Å². The van der Waals surface area contributed by atoms with Crippen molar-refractivity contribution in [1.82, 2.24) is 15.1 Å². The molecule has 0 radical (unpaired) electrons. The molecule has 1 aliphatic heterocycles. The van der Waals surface area contributed by atoms with E-state index in [4.69, 9.17) is 0 Å². The third-order valence-electron chi connectivity index (χ3n) is 3.49. The lowest BCUT2D eigenvalue weighted by molar-refractivity contribution is 0.548. The van der Waals surface area contributed by atoms with Crippen LogP contribution in [0, 0.1) is 12.7 Å². The number of nitrogens with zero attached hydrogens (tertiary/aromatic N) is 2. The minimum absolute atomic E-state index is 0.164. The van der Waals surface area contributed by atoms with Crippen molar-refractivity contribution in [3.63, 3.8) is 0 Å². The Labute approximate surface area is 106 Å². The van der Waals surface area contributed by atoms with E-state index in [-0.39, 0.29) is 5.82 Å². The predicted octanol–water partition coefficient (Wildman–Crippen LogP) is 2.02. The molecule has 0 atom stereocenters. The first kappa shape index (κ1) is 11.4. The summed E-state index contributed by atoms with van der Waals surface area (Å²) in [6.07, 6.45) is 1.01. The Balaban J connectivity index is 1.96. The van der Waals surface area contributed by atoms with Crippen molar-refractivity contribution in [2.45, 2.75) is 26.4 Å². The van der Waals surface area contributed by atoms with Gasteiger partial charge in [0.1, 0.15) is 5.82 Å². The van der Waals surface area contributed by atoms with E-state index in [0.29, 0.717) is 12.1 Å². The minimum atomic E-state index is -0.164. The Morgan fingerprint density at radius 1 is 1.39 bits per heavy atom. The molecule has 18 heavy (non-hydrogen) atoms. The van der Waals surface area contributed by atoms with Gasteiger partial charge in [-0.1, -0.05) is 18.2 Å². The number of hydrogen-bond donors (Lipinski definition) is 1. The fourth-order valence-electron chi connectivity index (χ4n) is 2.53. The van der Waals surface area contributed by atoms with Crippen LogP contribution in [0.25, 0.3) is 0 Å². The highest BCUT2D eigenvalue weighted by molar-refractivity contribution is 5.29. The number of halogens is 1. The van der Waals surface area contributed by atoms with Crippen LogP contribution in [0.4, 0.5) is 4.39 Å². The number of benzene rings is 1. The van der Waals surface area contributed by atoms with E-state index >= 15 is 0 Å². The van der Waals surface area contributed by atoms with Gasteiger partial charge in [-0.05, 0) is 31.5 Å². The third kappa shape index (κ3) is 1.93. The molecule has 0 saturated heterocycles. The second-order valence-corrected chi connectivity index (χ2v) is 4.69. The van der Waals surface area contributed by atoms with Crippen LogP contribution in [0.1, 0.15) is 22.5 Å². The Bertz CT molecular complexity index is 574. The average Bonchev–Trinajstić information content (AvgIpc) is 2.70. The van der Waals surface area contributed by atoms with E-state index in [9.17, 15) is 4.39 Å². The van der Waals surface area contributed by atoms with Crippen molar-refractivity contribution >= 4 is 0 Å². The molecule has 1 aromatic carbocycles. The SMILES string of the molecule is Cc1nn(Cc2ccccc2F)c2c1CCNC2. The molecule has 0 aliphatic carbocycles. The Kier molecular flexibility index (Phi) is 2.88. The maximum absolute atomic E-state index is 13.7. The Morgan fingerprint density at radius 3 is 3.06 bits per heavy atom. The van der Waals surface area contributed by atoms with Crippen molar-refractivity contribution in [3.05, 3.63) is 52.6 Å². The third-order valence-corrected chi connectivity index (χ3v) is 3.49. The van der Waals surface area contributed by atoms with Crippen LogP contribution < -0.4 is 5.32 Å². The monoisotopic (exact) mass is 245 g/mol. The van der Waals surface area contributed by atoms with Crippen LogP contribution >= 0.6 is 0 Å². The first-order valence-electron chi connectivity index (χ1n) is 6.25. The first-order valence-corrected chi connectivity index (χ1v) is 6.25. The number of hydrogen-bond acceptors (Lipinski definition) is 2. The molecule has 0 spiro atoms. The van der Waals surface area contributed by atoms with Gasteiger partial charge in [0.25, 0.3) is 0 Å². The van der Waals surface area contributed by atoms with Gasteiger partial charge in [0, 0.05) is 12.1 Å². The smallest absolute Gasteiger partial charge is 0.128 e. The zero-order valence-electron chi connectivity index (χ0n) is 10.4. The maximum Gasteiger partial charge on any atom is 0.128 e. The lowest BCUT2D eigenvalue weighted by atomic mass is 10.1. The summed E-state index contributed by atoms with van der Waals surface area (Å²) in [4.78, 5) is 0. The molecule has 0 fully saturated rings. The van der Waals surface area contributed by atoms with Gasteiger partial charge in [-0.15, -0.1) is 0 Å². The second-order valence-electron chi connectivity index (χ2n) is 4.69. The van der Waals surface area contributed by atoms with Crippen LogP contribution in [0.15, 0.2) is 24.3 Å². The van der Waals surface area contributed by atoms with Gasteiger partial charge in [-0.2, -0.15) is 5.10 Å². The van der Waals surface area contributed by atoms with Gasteiger partial charge in [-0.3, -0.25) is 4.68 Å². The molecular formula is C14H16FN3. The molecule has 0 saturated carbocycles. The summed E-state index contributed by atoms with van der Waals surface area (Å²) in [6, 6.07) is 6.88. The summed E-state index contributed by atoms with van der Waals surface area (Å²) in [5.74, 6) is -0.164. The fourth-order valence-corrected chi connectivity index (χ4v) is 2.53. The van der Waals surface area contributed by atoms with Crippen molar-refractivity contribution < 1.29 is 4.39 Å². The van der Waals surface area contributed by atoms with E-state index in [1.807, 2.05) is 23.7 Å². The topological polar surface area (TPSA) is 29.9 Å². The first-order chi connectivity index (χ1) is 8.75. The van der Waals surface area contributed by atoms with Gasteiger partial charge in [-0.25, -0.2) is 4.39 Å². The van der Waals surface area contributed by atoms with Crippen molar-refractivity contribution in [3.8, 4) is 0 Å². The van der Waals surface area contributed by atoms with E-state index in [1.165, 1.54) is 17.3 Å². The summed E-state index contributed by atoms with van der Waals surface area (Å²) in [5, 5.41) is 7.88. The highest BCUT2D eigenvalue weighted by atomic mass is 19.1. The number of rotatable bonds is 2. The molecule has 3 nitrogen and oxygen atoms in total. The van der Waals surface area contributed by atoms with E-state index in [0.717, 1.165) is 25.2 Å². The van der Waals surface area contributed by atoms with Crippen LogP contribution in [-0.2, 0) is 19.5 Å². The zero-order chi connectivity index (χ0) is 12.5. The normalized spacial score (nSPS) is 14.6. The molecule has 3 rings (SSSR count). The van der Waals surface area contributed by atoms with E-state index in [2.05, 4.69) is 10.4 Å². The van der Waals surface area contributed by atoms with Gasteiger partial charge in [0.05, 0.1) is 17.9 Å². The molecule has 0 amide bonds. The highest BCUT2D eigenvalue weighted by Gasteiger charge is 2.18. The fraction of sp³-hybridized carbons (Fsp3) is 0.357. The Morgan fingerprint density at radius 2 is 2.22 bits per heavy atom. The van der Waals surface area contributed by atoms with Gasteiger partial charge >= 0.3 is 0 Å². The Hall–Kier alpha value is -1.68. The summed E-state index contributed by atoms with van der Waals surface area (Å²) >= 11 is 0. The molecule has 1 N–H and O–H groups in total. The summed E-state index contributed by atoms with van der Waals surface area (Å²) in [6.45, 7) is 4.36. The molecule has 0 unspecified atom stereocenters. The minimum Gasteiger partial charge on any atom is -0.311 e. The van der Waals surface area contributed by atoms with Crippen molar-refractivity contribution in [1.29, 1.82) is 0 Å². The molecular weight excluding hydrogens is 229 g/mol. The molecule has 2 aromatic rings. The van der Waals surface area contributed by atoms with Crippen molar-refractivity contribution in [2.24, 2.45) is 0 Å². The van der Waals surface area contributed by atoms with Crippen LogP contribution in [0.3, 0.4) is 0 Å². The number of fused-ring (bicyclic) bond motifs is 1. The largest absolute Gasteiger partial charge is 0.311 e. The summed E-state index contributed by atoms with van der Waals surface area (Å²) in [5.41, 5.74) is 4.28. The zero-order valence-corrected chi connectivity index (χ0v) is 10.4. The lowest BCUT2D eigenvalue weighted by Gasteiger charge is -2.15.